The fourth-order valence-corrected chi connectivity index (χ4v) is 3.15. The SMILES string of the molecule is C[C@@H]1C[C@@H]1N1C[C@@H](NC(=O)[C@@H](N)Cc2ccccc2)CC1=O. The lowest BCUT2D eigenvalue weighted by Gasteiger charge is -2.18. The van der Waals surface area contributed by atoms with Gasteiger partial charge in [0, 0.05) is 19.0 Å². The number of rotatable bonds is 5. The van der Waals surface area contributed by atoms with Gasteiger partial charge in [-0.1, -0.05) is 37.3 Å². The lowest BCUT2D eigenvalue weighted by Crippen LogP contribution is -2.47. The van der Waals surface area contributed by atoms with Gasteiger partial charge < -0.3 is 16.0 Å². The van der Waals surface area contributed by atoms with Crippen molar-refractivity contribution in [3.05, 3.63) is 35.9 Å². The highest BCUT2D eigenvalue weighted by Gasteiger charge is 2.44. The summed E-state index contributed by atoms with van der Waals surface area (Å²) in [6.07, 6.45) is 1.99. The summed E-state index contributed by atoms with van der Waals surface area (Å²) in [4.78, 5) is 26.1. The molecule has 1 aromatic rings. The van der Waals surface area contributed by atoms with Crippen LogP contribution in [0.3, 0.4) is 0 Å². The Bertz CT molecular complexity index is 560. The Balaban J connectivity index is 1.50. The number of benzene rings is 1. The number of nitrogens with zero attached hydrogens (tertiary/aromatic N) is 1. The maximum absolute atomic E-state index is 12.2. The van der Waals surface area contributed by atoms with Crippen LogP contribution in [0.2, 0.25) is 0 Å². The molecule has 0 bridgehead atoms. The largest absolute Gasteiger partial charge is 0.350 e. The molecule has 1 heterocycles. The smallest absolute Gasteiger partial charge is 0.237 e. The van der Waals surface area contributed by atoms with Gasteiger partial charge in [-0.2, -0.15) is 0 Å². The normalized spacial score (nSPS) is 28.5. The van der Waals surface area contributed by atoms with E-state index >= 15 is 0 Å². The van der Waals surface area contributed by atoms with Crippen LogP contribution >= 0.6 is 0 Å². The van der Waals surface area contributed by atoms with E-state index in [-0.39, 0.29) is 17.9 Å². The molecule has 0 spiro atoms. The summed E-state index contributed by atoms with van der Waals surface area (Å²) in [7, 11) is 0. The minimum atomic E-state index is -0.577. The molecule has 4 atom stereocenters. The Labute approximate surface area is 130 Å². The lowest BCUT2D eigenvalue weighted by atomic mass is 10.1. The number of carbonyl (C=O) groups excluding carboxylic acids is 2. The molecule has 3 rings (SSSR count). The molecule has 5 nitrogen and oxygen atoms in total. The van der Waals surface area contributed by atoms with Crippen LogP contribution in [0.4, 0.5) is 0 Å². The number of hydrogen-bond donors (Lipinski definition) is 2. The third-order valence-corrected chi connectivity index (χ3v) is 4.61. The Morgan fingerprint density at radius 1 is 1.41 bits per heavy atom. The molecule has 1 saturated carbocycles. The zero-order chi connectivity index (χ0) is 15.7. The van der Waals surface area contributed by atoms with Crippen LogP contribution in [-0.4, -0.2) is 41.4 Å². The van der Waals surface area contributed by atoms with Crippen molar-refractivity contribution in [2.45, 2.75) is 44.3 Å². The third kappa shape index (κ3) is 3.30. The highest BCUT2D eigenvalue weighted by molar-refractivity contribution is 5.85. The highest BCUT2D eigenvalue weighted by atomic mass is 16.2. The number of hydrogen-bond acceptors (Lipinski definition) is 3. The van der Waals surface area contributed by atoms with Crippen molar-refractivity contribution < 1.29 is 9.59 Å². The van der Waals surface area contributed by atoms with E-state index < -0.39 is 6.04 Å². The number of nitrogens with one attached hydrogen (secondary N) is 1. The van der Waals surface area contributed by atoms with Gasteiger partial charge in [-0.05, 0) is 24.3 Å². The molecule has 2 fully saturated rings. The van der Waals surface area contributed by atoms with Crippen LogP contribution in [-0.2, 0) is 16.0 Å². The van der Waals surface area contributed by atoms with Crippen LogP contribution in [0.15, 0.2) is 30.3 Å². The molecule has 1 saturated heterocycles. The molecular formula is C17H23N3O2. The molecule has 22 heavy (non-hydrogen) atoms. The summed E-state index contributed by atoms with van der Waals surface area (Å²) in [5, 5.41) is 2.93. The third-order valence-electron chi connectivity index (χ3n) is 4.61. The monoisotopic (exact) mass is 301 g/mol. The van der Waals surface area contributed by atoms with E-state index in [0.29, 0.717) is 31.3 Å². The molecule has 0 aromatic heterocycles. The van der Waals surface area contributed by atoms with Gasteiger partial charge in [0.05, 0.1) is 12.1 Å². The summed E-state index contributed by atoms with van der Waals surface area (Å²) in [6.45, 7) is 2.78. The second-order valence-electron chi connectivity index (χ2n) is 6.53. The Kier molecular flexibility index (Phi) is 4.16. The summed E-state index contributed by atoms with van der Waals surface area (Å²) in [5.41, 5.74) is 7.02. The molecule has 2 amide bonds. The van der Waals surface area contributed by atoms with E-state index in [2.05, 4.69) is 12.2 Å². The molecule has 0 unspecified atom stereocenters. The van der Waals surface area contributed by atoms with E-state index in [1.165, 1.54) is 0 Å². The van der Waals surface area contributed by atoms with Crippen LogP contribution < -0.4 is 11.1 Å². The van der Waals surface area contributed by atoms with Crippen molar-refractivity contribution in [2.24, 2.45) is 11.7 Å². The fraction of sp³-hybridized carbons (Fsp3) is 0.529. The van der Waals surface area contributed by atoms with E-state index in [4.69, 9.17) is 5.73 Å². The summed E-state index contributed by atoms with van der Waals surface area (Å²) in [6, 6.07) is 9.43. The molecule has 0 radical (unpaired) electrons. The zero-order valence-corrected chi connectivity index (χ0v) is 12.9. The van der Waals surface area contributed by atoms with Crippen molar-refractivity contribution in [3.8, 4) is 0 Å². The second-order valence-corrected chi connectivity index (χ2v) is 6.53. The molecular weight excluding hydrogens is 278 g/mol. The minimum Gasteiger partial charge on any atom is -0.350 e. The van der Waals surface area contributed by atoms with Gasteiger partial charge in [0.15, 0.2) is 0 Å². The summed E-state index contributed by atoms with van der Waals surface area (Å²) >= 11 is 0. The lowest BCUT2D eigenvalue weighted by molar-refractivity contribution is -0.128. The average molecular weight is 301 g/mol. The predicted molar refractivity (Wildman–Crippen MR) is 84.0 cm³/mol. The van der Waals surface area contributed by atoms with Crippen LogP contribution in [0, 0.1) is 5.92 Å². The Morgan fingerprint density at radius 3 is 2.73 bits per heavy atom. The van der Waals surface area contributed by atoms with Crippen molar-refractivity contribution in [1.82, 2.24) is 10.2 Å². The minimum absolute atomic E-state index is 0.102. The first kappa shape index (κ1) is 15.0. The number of amides is 2. The first-order valence-electron chi connectivity index (χ1n) is 7.94. The Hall–Kier alpha value is -1.88. The zero-order valence-electron chi connectivity index (χ0n) is 12.9. The molecule has 1 aliphatic heterocycles. The van der Waals surface area contributed by atoms with Gasteiger partial charge in [-0.15, -0.1) is 0 Å². The first-order valence-corrected chi connectivity index (χ1v) is 7.94. The van der Waals surface area contributed by atoms with Crippen LogP contribution in [0.5, 0.6) is 0 Å². The van der Waals surface area contributed by atoms with E-state index in [1.54, 1.807) is 0 Å². The number of likely N-dealkylation sites (tertiary alicyclic amines) is 1. The van der Waals surface area contributed by atoms with Crippen LogP contribution in [0.25, 0.3) is 0 Å². The van der Waals surface area contributed by atoms with Gasteiger partial charge in [-0.3, -0.25) is 9.59 Å². The molecule has 1 aromatic carbocycles. The van der Waals surface area contributed by atoms with Crippen molar-refractivity contribution in [2.75, 3.05) is 6.54 Å². The quantitative estimate of drug-likeness (QED) is 0.840. The van der Waals surface area contributed by atoms with Gasteiger partial charge >= 0.3 is 0 Å². The molecule has 118 valence electrons. The van der Waals surface area contributed by atoms with Crippen molar-refractivity contribution in [3.63, 3.8) is 0 Å². The average Bonchev–Trinajstić information content (AvgIpc) is 3.10. The van der Waals surface area contributed by atoms with Crippen molar-refractivity contribution in [1.29, 1.82) is 0 Å². The van der Waals surface area contributed by atoms with E-state index in [0.717, 1.165) is 12.0 Å². The van der Waals surface area contributed by atoms with Gasteiger partial charge in [-0.25, -0.2) is 0 Å². The maximum Gasteiger partial charge on any atom is 0.237 e. The fourth-order valence-electron chi connectivity index (χ4n) is 3.15. The topological polar surface area (TPSA) is 75.4 Å². The predicted octanol–water partition coefficient (Wildman–Crippen LogP) is 0.682. The van der Waals surface area contributed by atoms with E-state index in [9.17, 15) is 9.59 Å². The van der Waals surface area contributed by atoms with Gasteiger partial charge in [0.2, 0.25) is 11.8 Å². The molecule has 5 heteroatoms. The summed E-state index contributed by atoms with van der Waals surface area (Å²) < 4.78 is 0. The summed E-state index contributed by atoms with van der Waals surface area (Å²) in [5.74, 6) is 0.572. The number of carbonyl (C=O) groups is 2. The Morgan fingerprint density at radius 2 is 2.09 bits per heavy atom. The molecule has 1 aliphatic carbocycles. The molecule has 3 N–H and O–H groups in total. The number of nitrogens with two attached hydrogens (primary N) is 1. The van der Waals surface area contributed by atoms with Crippen LogP contribution in [0.1, 0.15) is 25.3 Å². The van der Waals surface area contributed by atoms with Gasteiger partial charge in [0.25, 0.3) is 0 Å². The maximum atomic E-state index is 12.2. The van der Waals surface area contributed by atoms with E-state index in [1.807, 2.05) is 35.2 Å². The van der Waals surface area contributed by atoms with Crippen molar-refractivity contribution >= 4 is 11.8 Å². The second kappa shape index (κ2) is 6.08. The highest BCUT2D eigenvalue weighted by Crippen LogP contribution is 2.37. The van der Waals surface area contributed by atoms with Gasteiger partial charge in [0.1, 0.15) is 0 Å². The molecule has 2 aliphatic rings. The standard InChI is InChI=1S/C17H23N3O2/c1-11-7-15(11)20-10-13(9-16(20)21)19-17(22)14(18)8-12-5-3-2-4-6-12/h2-6,11,13-15H,7-10,18H2,1H3,(H,19,22)/t11-,13+,14+,15+/m1/s1. The first-order chi connectivity index (χ1) is 10.5.